The van der Waals surface area contributed by atoms with Crippen LogP contribution in [0.1, 0.15) is 433 Å². The van der Waals surface area contributed by atoms with E-state index >= 15 is 0 Å². The number of carbonyl (C=O) groups excluding carboxylic acids is 8. The second kappa shape index (κ2) is 44.8. The van der Waals surface area contributed by atoms with Crippen LogP contribution < -0.4 is 0 Å². The predicted octanol–water partition coefficient (Wildman–Crippen LogP) is 24.5. The van der Waals surface area contributed by atoms with E-state index in [1.807, 2.05) is 125 Å². The van der Waals surface area contributed by atoms with E-state index < -0.39 is 45.1 Å². The second-order valence-corrected chi connectivity index (χ2v) is 39.9. The highest BCUT2D eigenvalue weighted by molar-refractivity contribution is 5.81. The van der Waals surface area contributed by atoms with E-state index in [1.165, 1.54) is 44.9 Å². The van der Waals surface area contributed by atoms with E-state index in [-0.39, 0.29) is 206 Å². The molecule has 4 aliphatic heterocycles. The summed E-state index contributed by atoms with van der Waals surface area (Å²) in [6.07, 6.45) is 29.3. The molecule has 16 aliphatic rings. The van der Waals surface area contributed by atoms with E-state index in [9.17, 15) is 48.6 Å². The van der Waals surface area contributed by atoms with Gasteiger partial charge in [-0.3, -0.25) is 38.4 Å². The van der Waals surface area contributed by atoms with Gasteiger partial charge in [0.15, 0.2) is 12.2 Å². The molecule has 16 rings (SSSR count). The van der Waals surface area contributed by atoms with E-state index in [1.54, 1.807) is 0 Å². The van der Waals surface area contributed by atoms with Crippen LogP contribution in [0.4, 0.5) is 0 Å². The van der Waals surface area contributed by atoms with Crippen LogP contribution in [0.25, 0.3) is 0 Å². The first-order valence-electron chi connectivity index (χ1n) is 41.6. The van der Waals surface area contributed by atoms with Crippen LogP contribution in [0.3, 0.4) is 0 Å². The highest BCUT2D eigenvalue weighted by atomic mass is 16.7. The van der Waals surface area contributed by atoms with E-state index in [2.05, 4.69) is 13.8 Å². The van der Waals surface area contributed by atoms with Gasteiger partial charge in [-0.15, -0.1) is 0 Å². The van der Waals surface area contributed by atoms with Crippen molar-refractivity contribution in [3.05, 3.63) is 0 Å². The van der Waals surface area contributed by atoms with Gasteiger partial charge in [0.05, 0.1) is 61.6 Å². The Bertz CT molecular complexity index is 2930. The summed E-state index contributed by atoms with van der Waals surface area (Å²) in [5.41, 5.74) is -4.60. The lowest BCUT2D eigenvalue weighted by Crippen LogP contribution is -2.61. The molecule has 12 aliphatic carbocycles. The predicted molar refractivity (Wildman–Crippen MR) is 478 cm³/mol. The van der Waals surface area contributed by atoms with Gasteiger partial charge in [0.2, 0.25) is 0 Å². The second-order valence-electron chi connectivity index (χ2n) is 39.9. The number of carbonyl (C=O) groups is 8. The van der Waals surface area contributed by atoms with Gasteiger partial charge in [-0.25, -0.2) is 0 Å². The molecule has 14 unspecified atom stereocenters. The monoisotopic (exact) mass is 1670 g/mol. The maximum Gasteiger partial charge on any atom is 0.312 e. The smallest absolute Gasteiger partial charge is 0.312 e. The van der Waals surface area contributed by atoms with Gasteiger partial charge in [0.25, 0.3) is 0 Å². The minimum absolute atomic E-state index is 0. The van der Waals surface area contributed by atoms with Gasteiger partial charge in [-0.2, -0.15) is 0 Å². The SMILES string of the molecule is C.C.C.C.C.C.C.C.C.C.C.C.CCC(C)(C)C(=O)OC1(C)CCCCC1.CCC(C)(C)C(=O)OC12CC3CC(CC(O)(C3)C1)C2.CCC(C)(C)C(=O)OC12CC3CC(CC(O)(C3)C1)C2.CCC(C)(C)C(=O)OC1C2CC3C(=O)OC1C3C2.CCC(C)(C)C(=O)OC1C2CC3C(=O)OC1C3O2.CCCC1(OC(=O)C(C)(C)CC)CCCC1. The molecule has 4 heterocycles. The van der Waals surface area contributed by atoms with Gasteiger partial charge < -0.3 is 52.8 Å². The molecule has 14 atom stereocenters. The number of ether oxygens (including phenoxy) is 9. The Kier molecular flexibility index (Phi) is 45.6. The summed E-state index contributed by atoms with van der Waals surface area (Å²) in [6, 6.07) is 0. The minimum atomic E-state index is -0.555. The molecule has 19 heteroatoms. The molecule has 0 aromatic carbocycles. The average molecular weight is 1670 g/mol. The van der Waals surface area contributed by atoms with Crippen LogP contribution >= 0.6 is 0 Å². The molecule has 12 saturated carbocycles. The lowest BCUT2D eigenvalue weighted by atomic mass is 9.52. The Hall–Kier alpha value is -4.36. The lowest BCUT2D eigenvalue weighted by molar-refractivity contribution is -0.226. The van der Waals surface area contributed by atoms with Crippen molar-refractivity contribution < 1.29 is 91.2 Å². The Morgan fingerprint density at radius 3 is 1.09 bits per heavy atom. The van der Waals surface area contributed by atoms with E-state index in [0.29, 0.717) is 61.2 Å². The molecule has 0 aromatic heterocycles. The van der Waals surface area contributed by atoms with E-state index in [0.717, 1.165) is 135 Å². The number of hydrogen-bond acceptors (Lipinski definition) is 19. The normalized spacial score (nSPS) is 32.5. The summed E-state index contributed by atoms with van der Waals surface area (Å²) in [6.45, 7) is 39.5. The first kappa shape index (κ1) is 119. The van der Waals surface area contributed by atoms with Crippen molar-refractivity contribution in [2.24, 2.45) is 79.8 Å². The molecule has 0 spiro atoms. The maximum atomic E-state index is 12.4. The molecule has 16 fully saturated rings. The number of aliphatic hydroxyl groups is 2. The van der Waals surface area contributed by atoms with Crippen molar-refractivity contribution >= 4 is 47.8 Å². The quantitative estimate of drug-likeness (QED) is 0.0848. The first-order valence-corrected chi connectivity index (χ1v) is 41.6. The lowest BCUT2D eigenvalue weighted by Gasteiger charge is -2.59. The number of rotatable bonds is 20. The van der Waals surface area contributed by atoms with Crippen molar-refractivity contribution in [1.82, 2.24) is 0 Å². The molecule has 2 N–H and O–H groups in total. The van der Waals surface area contributed by atoms with Gasteiger partial charge >= 0.3 is 47.8 Å². The molecular weight excluding hydrogens is 1480 g/mol. The topological polar surface area (TPSA) is 260 Å². The fraction of sp³-hybridized carbons (Fsp3) is 0.918. The summed E-state index contributed by atoms with van der Waals surface area (Å²) in [7, 11) is 0. The van der Waals surface area contributed by atoms with Gasteiger partial charge in [0.1, 0.15) is 40.7 Å². The van der Waals surface area contributed by atoms with Crippen LogP contribution in [-0.2, 0) is 81.0 Å². The first-order chi connectivity index (χ1) is 48.7. The molecule has 19 nitrogen and oxygen atoms in total. The molecule has 117 heavy (non-hydrogen) atoms. The molecule has 0 amide bonds. The van der Waals surface area contributed by atoms with Crippen molar-refractivity contribution in [3.8, 4) is 0 Å². The van der Waals surface area contributed by atoms with Crippen LogP contribution in [0.5, 0.6) is 0 Å². The van der Waals surface area contributed by atoms with Crippen molar-refractivity contribution in [3.63, 3.8) is 0 Å². The van der Waals surface area contributed by atoms with Crippen LogP contribution in [0.2, 0.25) is 0 Å². The number of fused-ring (bicyclic) bond motifs is 2. The largest absolute Gasteiger partial charge is 0.459 e. The summed E-state index contributed by atoms with van der Waals surface area (Å²) in [4.78, 5) is 96.2. The number of esters is 8. The zero-order valence-corrected chi connectivity index (χ0v) is 68.5. The Labute approximate surface area is 718 Å². The Balaban J connectivity index is -0.000000643. The zero-order valence-electron chi connectivity index (χ0n) is 68.5. The Morgan fingerprint density at radius 1 is 0.385 bits per heavy atom. The van der Waals surface area contributed by atoms with Crippen molar-refractivity contribution in [2.45, 2.75) is 503 Å². The third-order valence-corrected chi connectivity index (χ3v) is 28.7. The number of hydrogen-bond donors (Lipinski definition) is 2. The molecule has 12 bridgehead atoms. The summed E-state index contributed by atoms with van der Waals surface area (Å²) in [5, 5.41) is 21.3. The fourth-order valence-corrected chi connectivity index (χ4v) is 20.0. The third-order valence-electron chi connectivity index (χ3n) is 28.7. The molecule has 4 saturated heterocycles. The van der Waals surface area contributed by atoms with Gasteiger partial charge in [-0.05, 0) is 293 Å². The standard InChI is InChI=1S/2C16H26O3.C14H20O4.C14H26O2.C13H18O5.C13H24O2.12CH4/c2*1-4-14(2,3)13(17)19-16-8-11-5-12(9-16)7-15(18,6-11)10-16;1-4-14(2,3)13(16)18-10-7-5-8-9(6-7)12(15)17-11(8)10;1-5-9-14(10-7-8-11-14)16-12(15)13(3,4)6-2;1-4-13(2,3)12(15)18-9-7-5-6-8(16-7)10(9)17-11(6)14;1-5-12(2,3)11(14)15-13(4)9-7-6-8-10-13;;;;;;;;;;;;/h2*11-12,18H,4-10H2,1-3H3;7-11H,4-6H2,1-3H3;5-11H2,1-4H3;6-10H,4-5H2,1-3H3;5-10H2,1-4H3;12*1H4. The molecule has 694 valence electrons. The summed E-state index contributed by atoms with van der Waals surface area (Å²) in [5.74, 6) is 1.89. The highest BCUT2D eigenvalue weighted by Gasteiger charge is 2.67. The zero-order chi connectivity index (χ0) is 77.7. The van der Waals surface area contributed by atoms with Crippen molar-refractivity contribution in [1.29, 1.82) is 0 Å². The van der Waals surface area contributed by atoms with Crippen LogP contribution in [0.15, 0.2) is 0 Å². The van der Waals surface area contributed by atoms with Gasteiger partial charge in [-0.1, -0.05) is 150 Å². The third kappa shape index (κ3) is 26.6. The van der Waals surface area contributed by atoms with Crippen molar-refractivity contribution in [2.75, 3.05) is 0 Å². The average Bonchev–Trinajstić information content (AvgIpc) is 1.73. The van der Waals surface area contributed by atoms with Crippen LogP contribution in [-0.4, -0.2) is 128 Å². The van der Waals surface area contributed by atoms with Crippen LogP contribution in [0, 0.1) is 79.8 Å². The minimum Gasteiger partial charge on any atom is -0.459 e. The highest BCUT2D eigenvalue weighted by Crippen LogP contribution is 2.62. The van der Waals surface area contributed by atoms with Gasteiger partial charge in [0, 0.05) is 24.7 Å². The summed E-state index contributed by atoms with van der Waals surface area (Å²) < 4.78 is 51.0. The summed E-state index contributed by atoms with van der Waals surface area (Å²) >= 11 is 0. The fourth-order valence-electron chi connectivity index (χ4n) is 20.0. The molecule has 0 radical (unpaired) electrons. The Morgan fingerprint density at radius 2 is 0.718 bits per heavy atom. The molecular formula is C98H188O19. The van der Waals surface area contributed by atoms with E-state index in [4.69, 9.17) is 42.6 Å². The molecule has 0 aromatic rings. The maximum absolute atomic E-state index is 12.4.